The van der Waals surface area contributed by atoms with Crippen LogP contribution in [-0.2, 0) is 14.3 Å². The van der Waals surface area contributed by atoms with Crippen LogP contribution in [0.4, 0.5) is 5.69 Å². The Bertz CT molecular complexity index is 472. The summed E-state index contributed by atoms with van der Waals surface area (Å²) in [5, 5.41) is 12.9. The molecule has 1 saturated heterocycles. The zero-order valence-electron chi connectivity index (χ0n) is 12.0. The largest absolute Gasteiger partial charge is 0.375 e. The molecule has 1 amide bonds. The van der Waals surface area contributed by atoms with Gasteiger partial charge in [0.05, 0.1) is 12.3 Å². The molecule has 0 bridgehead atoms. The van der Waals surface area contributed by atoms with E-state index in [9.17, 15) is 9.90 Å². The maximum atomic E-state index is 12.4. The highest BCUT2D eigenvalue weighted by atomic mass is 16.6. The predicted octanol–water partition coefficient (Wildman–Crippen LogP) is 0.806. The second kappa shape index (κ2) is 6.32. The first-order chi connectivity index (χ1) is 9.56. The number of anilines is 1. The van der Waals surface area contributed by atoms with Gasteiger partial charge in [-0.1, -0.05) is 18.2 Å². The Morgan fingerprint density at radius 1 is 1.50 bits per heavy atom. The van der Waals surface area contributed by atoms with E-state index in [4.69, 9.17) is 9.47 Å². The maximum absolute atomic E-state index is 12.4. The van der Waals surface area contributed by atoms with Crippen LogP contribution in [0.25, 0.3) is 0 Å². The topological polar surface area (TPSA) is 62.2 Å². The van der Waals surface area contributed by atoms with Crippen LogP contribution in [0.3, 0.4) is 0 Å². The molecule has 1 aromatic carbocycles. The number of nitrogens with zero attached hydrogens (tertiary/aromatic N) is 2. The van der Waals surface area contributed by atoms with Gasteiger partial charge in [-0.3, -0.25) is 4.79 Å². The number of para-hydroxylation sites is 1. The van der Waals surface area contributed by atoms with E-state index in [0.29, 0.717) is 13.2 Å². The predicted molar refractivity (Wildman–Crippen MR) is 73.9 cm³/mol. The van der Waals surface area contributed by atoms with Gasteiger partial charge in [-0.2, -0.15) is 5.01 Å². The minimum atomic E-state index is -1.12. The molecule has 6 heteroatoms. The first-order valence-corrected chi connectivity index (χ1v) is 6.50. The highest BCUT2D eigenvalue weighted by molar-refractivity contribution is 5.95. The van der Waals surface area contributed by atoms with Crippen molar-refractivity contribution in [1.29, 1.82) is 0 Å². The van der Waals surface area contributed by atoms with Crippen LogP contribution in [0.15, 0.2) is 18.2 Å². The summed E-state index contributed by atoms with van der Waals surface area (Å²) < 4.78 is 10.1. The number of aliphatic hydroxyl groups is 1. The summed E-state index contributed by atoms with van der Waals surface area (Å²) in [6.07, 6.45) is -1.12. The molecule has 1 heterocycles. The van der Waals surface area contributed by atoms with Gasteiger partial charge < -0.3 is 14.6 Å². The zero-order chi connectivity index (χ0) is 14.7. The number of carbonyl (C=O) groups is 1. The normalized spacial score (nSPS) is 19.3. The number of ether oxygens (including phenoxy) is 2. The van der Waals surface area contributed by atoms with E-state index < -0.39 is 6.41 Å². The van der Waals surface area contributed by atoms with Crippen LogP contribution in [0.1, 0.15) is 11.1 Å². The van der Waals surface area contributed by atoms with E-state index in [2.05, 4.69) is 0 Å². The molecule has 110 valence electrons. The van der Waals surface area contributed by atoms with Crippen LogP contribution in [-0.4, -0.2) is 49.3 Å². The molecule has 20 heavy (non-hydrogen) atoms. The fourth-order valence-corrected chi connectivity index (χ4v) is 2.37. The minimum absolute atomic E-state index is 0.0585. The monoisotopic (exact) mass is 280 g/mol. The molecule has 0 aliphatic carbocycles. The Morgan fingerprint density at radius 2 is 2.15 bits per heavy atom. The molecule has 1 N–H and O–H groups in total. The smallest absolute Gasteiger partial charge is 0.267 e. The lowest BCUT2D eigenvalue weighted by Crippen LogP contribution is -2.51. The van der Waals surface area contributed by atoms with Gasteiger partial charge in [-0.25, -0.2) is 5.01 Å². The summed E-state index contributed by atoms with van der Waals surface area (Å²) in [7, 11) is 1.47. The van der Waals surface area contributed by atoms with Gasteiger partial charge in [-0.15, -0.1) is 0 Å². The number of hydrogen-bond acceptors (Lipinski definition) is 5. The summed E-state index contributed by atoms with van der Waals surface area (Å²) in [5.74, 6) is -0.241. The molecule has 0 spiro atoms. The molecular weight excluding hydrogens is 260 g/mol. The minimum Gasteiger partial charge on any atom is -0.375 e. The Morgan fingerprint density at radius 3 is 2.65 bits per heavy atom. The molecule has 0 saturated carbocycles. The Balaban J connectivity index is 2.43. The van der Waals surface area contributed by atoms with Gasteiger partial charge in [-0.05, 0) is 25.0 Å². The molecule has 1 aromatic rings. The van der Waals surface area contributed by atoms with Crippen molar-refractivity contribution in [2.24, 2.45) is 0 Å². The zero-order valence-corrected chi connectivity index (χ0v) is 12.0. The van der Waals surface area contributed by atoms with Crippen LogP contribution >= 0.6 is 0 Å². The third-order valence-electron chi connectivity index (χ3n) is 3.25. The number of benzene rings is 1. The molecule has 6 nitrogen and oxygen atoms in total. The van der Waals surface area contributed by atoms with Crippen molar-refractivity contribution in [3.8, 4) is 0 Å². The third kappa shape index (κ3) is 2.83. The second-order valence-electron chi connectivity index (χ2n) is 4.74. The average molecular weight is 280 g/mol. The average Bonchev–Trinajstić information content (AvgIpc) is 2.80. The molecule has 2 rings (SSSR count). The lowest BCUT2D eigenvalue weighted by molar-refractivity contribution is -0.150. The summed E-state index contributed by atoms with van der Waals surface area (Å²) in [5.41, 5.74) is 2.67. The molecule has 1 aliphatic rings. The quantitative estimate of drug-likeness (QED) is 0.884. The van der Waals surface area contributed by atoms with Gasteiger partial charge in [0.1, 0.15) is 6.61 Å². The van der Waals surface area contributed by atoms with Gasteiger partial charge >= 0.3 is 0 Å². The molecule has 1 fully saturated rings. The van der Waals surface area contributed by atoms with E-state index in [-0.39, 0.29) is 12.5 Å². The van der Waals surface area contributed by atoms with Gasteiger partial charge in [0, 0.05) is 13.7 Å². The van der Waals surface area contributed by atoms with Gasteiger partial charge in [0.15, 0.2) is 0 Å². The standard InChI is InChI=1S/C14H20N2O4/c1-10-5-4-6-11(2)13(10)16(12(17)9-19-3)15-7-8-20-14(15)18/h4-6,14,18H,7-9H2,1-3H3. The van der Waals surface area contributed by atoms with Crippen LogP contribution in [0.2, 0.25) is 0 Å². The van der Waals surface area contributed by atoms with E-state index in [1.807, 2.05) is 32.0 Å². The number of hydrogen-bond donors (Lipinski definition) is 1. The number of amides is 1. The van der Waals surface area contributed by atoms with Crippen molar-refractivity contribution in [2.45, 2.75) is 20.3 Å². The summed E-state index contributed by atoms with van der Waals surface area (Å²) >= 11 is 0. The van der Waals surface area contributed by atoms with E-state index in [1.165, 1.54) is 17.1 Å². The highest BCUT2D eigenvalue weighted by Crippen LogP contribution is 2.28. The van der Waals surface area contributed by atoms with Gasteiger partial charge in [0.2, 0.25) is 6.41 Å². The van der Waals surface area contributed by atoms with Crippen LogP contribution < -0.4 is 5.01 Å². The van der Waals surface area contributed by atoms with Gasteiger partial charge in [0.25, 0.3) is 5.91 Å². The number of methoxy groups -OCH3 is 1. The lowest BCUT2D eigenvalue weighted by atomic mass is 10.1. The number of carbonyl (C=O) groups excluding carboxylic acids is 1. The Hall–Kier alpha value is -1.47. The first-order valence-electron chi connectivity index (χ1n) is 6.50. The first kappa shape index (κ1) is 14.9. The SMILES string of the molecule is COCC(=O)N(c1c(C)cccc1C)N1CCOC1O. The second-order valence-corrected chi connectivity index (χ2v) is 4.74. The van der Waals surface area contributed by atoms with Crippen LogP contribution in [0, 0.1) is 13.8 Å². The Kier molecular flexibility index (Phi) is 4.72. The van der Waals surface area contributed by atoms with Crippen LogP contribution in [0.5, 0.6) is 0 Å². The van der Waals surface area contributed by atoms with E-state index in [1.54, 1.807) is 0 Å². The van der Waals surface area contributed by atoms with Crippen molar-refractivity contribution >= 4 is 11.6 Å². The molecule has 0 aromatic heterocycles. The lowest BCUT2D eigenvalue weighted by Gasteiger charge is -2.34. The van der Waals surface area contributed by atoms with Crippen molar-refractivity contribution < 1.29 is 19.4 Å². The Labute approximate surface area is 118 Å². The maximum Gasteiger partial charge on any atom is 0.267 e. The van der Waals surface area contributed by atoms with Crippen molar-refractivity contribution in [2.75, 3.05) is 31.9 Å². The summed E-state index contributed by atoms with van der Waals surface area (Å²) in [6.45, 7) is 4.63. The third-order valence-corrected chi connectivity index (χ3v) is 3.25. The summed E-state index contributed by atoms with van der Waals surface area (Å²) in [6, 6.07) is 5.79. The molecule has 1 unspecified atom stereocenters. The van der Waals surface area contributed by atoms with Crippen molar-refractivity contribution in [3.05, 3.63) is 29.3 Å². The highest BCUT2D eigenvalue weighted by Gasteiger charge is 2.34. The molecular formula is C14H20N2O4. The van der Waals surface area contributed by atoms with Crippen molar-refractivity contribution in [1.82, 2.24) is 5.01 Å². The molecule has 0 radical (unpaired) electrons. The number of aryl methyl sites for hydroxylation is 2. The fourth-order valence-electron chi connectivity index (χ4n) is 2.37. The molecule has 1 aliphatic heterocycles. The van der Waals surface area contributed by atoms with E-state index >= 15 is 0 Å². The summed E-state index contributed by atoms with van der Waals surface area (Å²) in [4.78, 5) is 12.4. The fraction of sp³-hybridized carbons (Fsp3) is 0.500. The number of aliphatic hydroxyl groups excluding tert-OH is 1. The number of hydrazine groups is 1. The van der Waals surface area contributed by atoms with Crippen molar-refractivity contribution in [3.63, 3.8) is 0 Å². The van der Waals surface area contributed by atoms with E-state index in [0.717, 1.165) is 16.8 Å². The molecule has 1 atom stereocenters. The number of rotatable bonds is 4.